The quantitative estimate of drug-likeness (QED) is 0.847. The van der Waals surface area contributed by atoms with Crippen LogP contribution in [0.4, 0.5) is 5.69 Å². The molecule has 0 aromatic heterocycles. The third-order valence-electron chi connectivity index (χ3n) is 3.89. The Balaban J connectivity index is 2.18. The van der Waals surface area contributed by atoms with Crippen LogP contribution in [0.1, 0.15) is 45.2 Å². The van der Waals surface area contributed by atoms with Gasteiger partial charge in [0.2, 0.25) is 0 Å². The van der Waals surface area contributed by atoms with Crippen LogP contribution >= 0.6 is 0 Å². The molecule has 1 heterocycles. The summed E-state index contributed by atoms with van der Waals surface area (Å²) in [6.07, 6.45) is 2.53. The highest BCUT2D eigenvalue weighted by atomic mass is 15.1. The SMILES string of the molecule is C[C@@H](N)c1ccccc1N1CCC(C)(C)CC1. The van der Waals surface area contributed by atoms with Crippen LogP contribution in [0.25, 0.3) is 0 Å². The van der Waals surface area contributed by atoms with Crippen LogP contribution in [0.3, 0.4) is 0 Å². The summed E-state index contributed by atoms with van der Waals surface area (Å²) in [5, 5.41) is 0. The van der Waals surface area contributed by atoms with Gasteiger partial charge in [0.15, 0.2) is 0 Å². The van der Waals surface area contributed by atoms with Crippen molar-refractivity contribution in [2.75, 3.05) is 18.0 Å². The van der Waals surface area contributed by atoms with Gasteiger partial charge < -0.3 is 10.6 Å². The van der Waals surface area contributed by atoms with Gasteiger partial charge in [0.25, 0.3) is 0 Å². The lowest BCUT2D eigenvalue weighted by Crippen LogP contribution is -2.38. The second-order valence-corrected chi connectivity index (χ2v) is 6.00. The number of nitrogens with zero attached hydrogens (tertiary/aromatic N) is 1. The van der Waals surface area contributed by atoms with Gasteiger partial charge >= 0.3 is 0 Å². The molecule has 1 aromatic rings. The van der Waals surface area contributed by atoms with E-state index in [1.54, 1.807) is 0 Å². The number of hydrogen-bond donors (Lipinski definition) is 1. The topological polar surface area (TPSA) is 29.3 Å². The van der Waals surface area contributed by atoms with Crippen LogP contribution in [0, 0.1) is 5.41 Å². The molecule has 1 aromatic carbocycles. The molecule has 2 nitrogen and oxygen atoms in total. The maximum Gasteiger partial charge on any atom is 0.0414 e. The Morgan fingerprint density at radius 3 is 2.35 bits per heavy atom. The molecule has 2 heteroatoms. The van der Waals surface area contributed by atoms with Crippen molar-refractivity contribution >= 4 is 5.69 Å². The van der Waals surface area contributed by atoms with Crippen LogP contribution in [0.15, 0.2) is 24.3 Å². The molecule has 0 aliphatic carbocycles. The minimum Gasteiger partial charge on any atom is -0.371 e. The van der Waals surface area contributed by atoms with Crippen molar-refractivity contribution in [3.8, 4) is 0 Å². The average Bonchev–Trinajstić information content (AvgIpc) is 2.29. The lowest BCUT2D eigenvalue weighted by molar-refractivity contribution is 0.279. The highest BCUT2D eigenvalue weighted by Crippen LogP contribution is 2.34. The van der Waals surface area contributed by atoms with E-state index in [1.807, 2.05) is 0 Å². The van der Waals surface area contributed by atoms with E-state index in [0.717, 1.165) is 13.1 Å². The maximum absolute atomic E-state index is 6.05. The zero-order chi connectivity index (χ0) is 12.5. The molecular weight excluding hydrogens is 208 g/mol. The summed E-state index contributed by atoms with van der Waals surface area (Å²) in [4.78, 5) is 2.49. The molecule has 2 N–H and O–H groups in total. The number of nitrogens with two attached hydrogens (primary N) is 1. The van der Waals surface area contributed by atoms with Crippen molar-refractivity contribution < 1.29 is 0 Å². The maximum atomic E-state index is 6.05. The number of para-hydroxylation sites is 1. The van der Waals surface area contributed by atoms with E-state index in [-0.39, 0.29) is 6.04 Å². The number of hydrogen-bond acceptors (Lipinski definition) is 2. The summed E-state index contributed by atoms with van der Waals surface area (Å²) < 4.78 is 0. The molecule has 1 aliphatic rings. The molecule has 0 radical (unpaired) electrons. The van der Waals surface area contributed by atoms with E-state index in [1.165, 1.54) is 24.1 Å². The first-order valence-electron chi connectivity index (χ1n) is 6.59. The molecule has 0 saturated carbocycles. The van der Waals surface area contributed by atoms with Crippen molar-refractivity contribution in [1.29, 1.82) is 0 Å². The highest BCUT2D eigenvalue weighted by Gasteiger charge is 2.26. The number of rotatable bonds is 2. The van der Waals surface area contributed by atoms with Gasteiger partial charge in [0, 0.05) is 24.8 Å². The summed E-state index contributed by atoms with van der Waals surface area (Å²) in [7, 11) is 0. The van der Waals surface area contributed by atoms with E-state index in [0.29, 0.717) is 5.41 Å². The fourth-order valence-corrected chi connectivity index (χ4v) is 2.51. The second-order valence-electron chi connectivity index (χ2n) is 6.00. The lowest BCUT2D eigenvalue weighted by atomic mass is 9.82. The molecule has 0 bridgehead atoms. The molecule has 0 unspecified atom stereocenters. The van der Waals surface area contributed by atoms with Gasteiger partial charge in [0.1, 0.15) is 0 Å². The molecule has 1 saturated heterocycles. The van der Waals surface area contributed by atoms with Crippen LogP contribution in [0.2, 0.25) is 0 Å². The molecule has 94 valence electrons. The van der Waals surface area contributed by atoms with Gasteiger partial charge in [0.05, 0.1) is 0 Å². The minimum atomic E-state index is 0.112. The van der Waals surface area contributed by atoms with Gasteiger partial charge in [-0.3, -0.25) is 0 Å². The first-order chi connectivity index (χ1) is 7.99. The third kappa shape index (κ3) is 2.81. The summed E-state index contributed by atoms with van der Waals surface area (Å²) in [6, 6.07) is 8.66. The normalized spacial score (nSPS) is 21.3. The van der Waals surface area contributed by atoms with Crippen molar-refractivity contribution in [2.24, 2.45) is 11.1 Å². The van der Waals surface area contributed by atoms with Crippen molar-refractivity contribution in [3.63, 3.8) is 0 Å². The number of anilines is 1. The van der Waals surface area contributed by atoms with E-state index in [2.05, 4.69) is 49.9 Å². The van der Waals surface area contributed by atoms with E-state index in [9.17, 15) is 0 Å². The molecule has 2 rings (SSSR count). The Hall–Kier alpha value is -1.02. The van der Waals surface area contributed by atoms with E-state index < -0.39 is 0 Å². The fraction of sp³-hybridized carbons (Fsp3) is 0.600. The molecule has 17 heavy (non-hydrogen) atoms. The predicted molar refractivity (Wildman–Crippen MR) is 74.3 cm³/mol. The smallest absolute Gasteiger partial charge is 0.0414 e. The zero-order valence-electron chi connectivity index (χ0n) is 11.2. The van der Waals surface area contributed by atoms with Gasteiger partial charge in [-0.2, -0.15) is 0 Å². The van der Waals surface area contributed by atoms with Crippen molar-refractivity contribution in [1.82, 2.24) is 0 Å². The Morgan fingerprint density at radius 2 is 1.76 bits per heavy atom. The van der Waals surface area contributed by atoms with Crippen LogP contribution in [-0.2, 0) is 0 Å². The van der Waals surface area contributed by atoms with Crippen LogP contribution < -0.4 is 10.6 Å². The number of benzene rings is 1. The third-order valence-corrected chi connectivity index (χ3v) is 3.89. The standard InChI is InChI=1S/C15H24N2/c1-12(16)13-6-4-5-7-14(13)17-10-8-15(2,3)9-11-17/h4-7,12H,8-11,16H2,1-3H3/t12-/m1/s1. The van der Waals surface area contributed by atoms with Crippen molar-refractivity contribution in [2.45, 2.75) is 39.7 Å². The van der Waals surface area contributed by atoms with E-state index >= 15 is 0 Å². The first kappa shape index (κ1) is 12.4. The summed E-state index contributed by atoms with van der Waals surface area (Å²) in [6.45, 7) is 9.09. The van der Waals surface area contributed by atoms with Gasteiger partial charge in [-0.15, -0.1) is 0 Å². The fourth-order valence-electron chi connectivity index (χ4n) is 2.51. The molecule has 1 aliphatic heterocycles. The van der Waals surface area contributed by atoms with Gasteiger partial charge in [-0.1, -0.05) is 32.0 Å². The van der Waals surface area contributed by atoms with E-state index in [4.69, 9.17) is 5.73 Å². The largest absolute Gasteiger partial charge is 0.371 e. The highest BCUT2D eigenvalue weighted by molar-refractivity contribution is 5.55. The lowest BCUT2D eigenvalue weighted by Gasteiger charge is -2.39. The number of piperidine rings is 1. The van der Waals surface area contributed by atoms with Crippen molar-refractivity contribution in [3.05, 3.63) is 29.8 Å². The summed E-state index contributed by atoms with van der Waals surface area (Å²) >= 11 is 0. The minimum absolute atomic E-state index is 0.112. The monoisotopic (exact) mass is 232 g/mol. The molecule has 1 fully saturated rings. The second kappa shape index (κ2) is 4.69. The molecule has 0 spiro atoms. The first-order valence-corrected chi connectivity index (χ1v) is 6.59. The Labute approximate surface area is 105 Å². The zero-order valence-corrected chi connectivity index (χ0v) is 11.2. The summed E-state index contributed by atoms with van der Waals surface area (Å²) in [5.74, 6) is 0. The van der Waals surface area contributed by atoms with Crippen LogP contribution in [0.5, 0.6) is 0 Å². The molecule has 0 amide bonds. The summed E-state index contributed by atoms with van der Waals surface area (Å²) in [5.41, 5.74) is 9.15. The Morgan fingerprint density at radius 1 is 1.18 bits per heavy atom. The Bertz CT molecular complexity index is 372. The Kier molecular flexibility index (Phi) is 3.43. The predicted octanol–water partition coefficient (Wildman–Crippen LogP) is 3.33. The average molecular weight is 232 g/mol. The van der Waals surface area contributed by atoms with Gasteiger partial charge in [-0.25, -0.2) is 0 Å². The molecular formula is C15H24N2. The molecule has 1 atom stereocenters. The van der Waals surface area contributed by atoms with Gasteiger partial charge in [-0.05, 0) is 36.8 Å². The van der Waals surface area contributed by atoms with Crippen LogP contribution in [-0.4, -0.2) is 13.1 Å².